The molecule has 0 unspecified atom stereocenters. The van der Waals surface area contributed by atoms with Gasteiger partial charge in [0.25, 0.3) is 0 Å². The number of halogens is 2. The highest BCUT2D eigenvalue weighted by atomic mass is 79.9. The van der Waals surface area contributed by atoms with Crippen LogP contribution >= 0.6 is 27.5 Å². The van der Waals surface area contributed by atoms with Crippen LogP contribution in [0.15, 0.2) is 41.0 Å². The first kappa shape index (κ1) is 12.4. The van der Waals surface area contributed by atoms with E-state index in [1.54, 1.807) is 6.20 Å². The Morgan fingerprint density at radius 1 is 1.29 bits per heavy atom. The van der Waals surface area contributed by atoms with Gasteiger partial charge in [-0.15, -0.1) is 0 Å². The number of nitrogens with zero attached hydrogens (tertiary/aromatic N) is 1. The second-order valence-electron chi connectivity index (χ2n) is 3.66. The van der Waals surface area contributed by atoms with E-state index >= 15 is 0 Å². The van der Waals surface area contributed by atoms with Crippen LogP contribution in [-0.2, 0) is 6.42 Å². The van der Waals surface area contributed by atoms with Gasteiger partial charge in [0.1, 0.15) is 5.82 Å². The lowest BCUT2D eigenvalue weighted by Gasteiger charge is -2.08. The normalized spacial score (nSPS) is 10.3. The molecule has 0 bridgehead atoms. The highest BCUT2D eigenvalue weighted by Gasteiger charge is 2.02. The summed E-state index contributed by atoms with van der Waals surface area (Å²) in [7, 11) is 0. The predicted octanol–water partition coefficient (Wildman–Crippen LogP) is 4.80. The van der Waals surface area contributed by atoms with E-state index in [0.717, 1.165) is 16.6 Å². The second kappa shape index (κ2) is 5.52. The molecule has 17 heavy (non-hydrogen) atoms. The zero-order valence-electron chi connectivity index (χ0n) is 9.37. The van der Waals surface area contributed by atoms with Crippen molar-refractivity contribution in [2.45, 2.75) is 13.3 Å². The predicted molar refractivity (Wildman–Crippen MR) is 76.0 cm³/mol. The van der Waals surface area contributed by atoms with Crippen molar-refractivity contribution >= 4 is 39.0 Å². The Labute approximate surface area is 114 Å². The monoisotopic (exact) mass is 310 g/mol. The molecule has 1 aromatic carbocycles. The third kappa shape index (κ3) is 3.20. The number of aryl methyl sites for hydroxylation is 1. The summed E-state index contributed by atoms with van der Waals surface area (Å²) in [6.45, 7) is 2.13. The fourth-order valence-corrected chi connectivity index (χ4v) is 2.14. The second-order valence-corrected chi connectivity index (χ2v) is 4.98. The number of anilines is 2. The minimum absolute atomic E-state index is 0.596. The summed E-state index contributed by atoms with van der Waals surface area (Å²) in [5.41, 5.74) is 2.30. The van der Waals surface area contributed by atoms with E-state index in [0.29, 0.717) is 10.8 Å². The quantitative estimate of drug-likeness (QED) is 0.880. The van der Waals surface area contributed by atoms with Gasteiger partial charge in [-0.1, -0.05) is 30.7 Å². The Morgan fingerprint density at radius 3 is 2.59 bits per heavy atom. The summed E-state index contributed by atoms with van der Waals surface area (Å²) in [4.78, 5) is 4.23. The number of hydrogen-bond acceptors (Lipinski definition) is 2. The highest BCUT2D eigenvalue weighted by Crippen LogP contribution is 2.25. The maximum absolute atomic E-state index is 6.08. The first-order valence-electron chi connectivity index (χ1n) is 5.36. The van der Waals surface area contributed by atoms with Gasteiger partial charge in [0.05, 0.1) is 5.02 Å². The molecule has 1 N–H and O–H groups in total. The van der Waals surface area contributed by atoms with Gasteiger partial charge in [-0.05, 0) is 46.1 Å². The summed E-state index contributed by atoms with van der Waals surface area (Å²) in [5.74, 6) is 0.666. The first-order chi connectivity index (χ1) is 8.19. The SMILES string of the molecule is CCc1ccc(Nc2ncc(Br)cc2Cl)cc1. The molecule has 0 amide bonds. The summed E-state index contributed by atoms with van der Waals surface area (Å²) in [5, 5.41) is 3.78. The maximum atomic E-state index is 6.08. The maximum Gasteiger partial charge on any atom is 0.149 e. The Balaban J connectivity index is 2.19. The largest absolute Gasteiger partial charge is 0.339 e. The van der Waals surface area contributed by atoms with Crippen molar-refractivity contribution in [3.05, 3.63) is 51.6 Å². The van der Waals surface area contributed by atoms with Crippen LogP contribution in [0, 0.1) is 0 Å². The summed E-state index contributed by atoms with van der Waals surface area (Å²) in [6.07, 6.45) is 2.76. The van der Waals surface area contributed by atoms with Crippen molar-refractivity contribution in [2.75, 3.05) is 5.32 Å². The lowest BCUT2D eigenvalue weighted by molar-refractivity contribution is 1.14. The van der Waals surface area contributed by atoms with Crippen molar-refractivity contribution in [3.8, 4) is 0 Å². The van der Waals surface area contributed by atoms with Gasteiger partial charge in [-0.3, -0.25) is 0 Å². The molecule has 88 valence electrons. The zero-order chi connectivity index (χ0) is 12.3. The first-order valence-corrected chi connectivity index (χ1v) is 6.53. The zero-order valence-corrected chi connectivity index (χ0v) is 11.7. The molecule has 2 aromatic rings. The Hall–Kier alpha value is -1.06. The van der Waals surface area contributed by atoms with Crippen LogP contribution in [-0.4, -0.2) is 4.98 Å². The average Bonchev–Trinajstić information content (AvgIpc) is 2.34. The van der Waals surface area contributed by atoms with Crippen LogP contribution in [0.1, 0.15) is 12.5 Å². The van der Waals surface area contributed by atoms with E-state index in [1.807, 2.05) is 18.2 Å². The average molecular weight is 312 g/mol. The molecular weight excluding hydrogens is 300 g/mol. The standard InChI is InChI=1S/C13H12BrClN2/c1-2-9-3-5-11(6-4-9)17-13-12(15)7-10(14)8-16-13/h3-8H,2H2,1H3,(H,16,17). The smallest absolute Gasteiger partial charge is 0.149 e. The van der Waals surface area contributed by atoms with Crippen LogP contribution in [0.2, 0.25) is 5.02 Å². The number of pyridine rings is 1. The number of benzene rings is 1. The minimum Gasteiger partial charge on any atom is -0.339 e. The topological polar surface area (TPSA) is 24.9 Å². The van der Waals surface area contributed by atoms with Gasteiger partial charge in [0.2, 0.25) is 0 Å². The molecule has 0 aliphatic rings. The van der Waals surface area contributed by atoms with E-state index in [1.165, 1.54) is 5.56 Å². The molecular formula is C13H12BrClN2. The minimum atomic E-state index is 0.596. The molecule has 0 fully saturated rings. The third-order valence-corrected chi connectivity index (χ3v) is 3.15. The number of rotatable bonds is 3. The molecule has 2 nitrogen and oxygen atoms in total. The molecule has 1 aromatic heterocycles. The summed E-state index contributed by atoms with van der Waals surface area (Å²) >= 11 is 9.41. The molecule has 0 spiro atoms. The van der Waals surface area contributed by atoms with Gasteiger partial charge >= 0.3 is 0 Å². The summed E-state index contributed by atoms with van der Waals surface area (Å²) in [6, 6.07) is 10.1. The molecule has 0 aliphatic heterocycles. The van der Waals surface area contributed by atoms with Crippen molar-refractivity contribution in [2.24, 2.45) is 0 Å². The van der Waals surface area contributed by atoms with Crippen molar-refractivity contribution in [1.82, 2.24) is 4.98 Å². The number of aromatic nitrogens is 1. The van der Waals surface area contributed by atoms with Crippen LogP contribution in [0.25, 0.3) is 0 Å². The lowest BCUT2D eigenvalue weighted by atomic mass is 10.1. The Bertz CT molecular complexity index is 511. The van der Waals surface area contributed by atoms with Gasteiger partial charge in [0, 0.05) is 16.4 Å². The van der Waals surface area contributed by atoms with Gasteiger partial charge in [0.15, 0.2) is 0 Å². The fourth-order valence-electron chi connectivity index (χ4n) is 1.47. The van der Waals surface area contributed by atoms with Gasteiger partial charge in [-0.2, -0.15) is 0 Å². The van der Waals surface area contributed by atoms with Gasteiger partial charge in [-0.25, -0.2) is 4.98 Å². The summed E-state index contributed by atoms with van der Waals surface area (Å²) < 4.78 is 0.870. The Morgan fingerprint density at radius 2 is 2.00 bits per heavy atom. The Kier molecular flexibility index (Phi) is 4.02. The van der Waals surface area contributed by atoms with E-state index in [9.17, 15) is 0 Å². The fraction of sp³-hybridized carbons (Fsp3) is 0.154. The third-order valence-electron chi connectivity index (χ3n) is 2.43. The molecule has 0 saturated heterocycles. The van der Waals surface area contributed by atoms with Crippen LogP contribution < -0.4 is 5.32 Å². The van der Waals surface area contributed by atoms with Crippen LogP contribution in [0.5, 0.6) is 0 Å². The molecule has 4 heteroatoms. The molecule has 0 aliphatic carbocycles. The molecule has 2 rings (SSSR count). The molecule has 0 radical (unpaired) electrons. The van der Waals surface area contributed by atoms with E-state index in [-0.39, 0.29) is 0 Å². The number of hydrogen-bond donors (Lipinski definition) is 1. The van der Waals surface area contributed by atoms with E-state index in [2.05, 4.69) is 45.3 Å². The van der Waals surface area contributed by atoms with Crippen molar-refractivity contribution in [1.29, 1.82) is 0 Å². The molecule has 1 heterocycles. The van der Waals surface area contributed by atoms with Crippen molar-refractivity contribution < 1.29 is 0 Å². The van der Waals surface area contributed by atoms with E-state index in [4.69, 9.17) is 11.6 Å². The van der Waals surface area contributed by atoms with Crippen molar-refractivity contribution in [3.63, 3.8) is 0 Å². The van der Waals surface area contributed by atoms with E-state index < -0.39 is 0 Å². The van der Waals surface area contributed by atoms with Crippen LogP contribution in [0.4, 0.5) is 11.5 Å². The lowest BCUT2D eigenvalue weighted by Crippen LogP contribution is -1.94. The number of nitrogens with one attached hydrogen (secondary N) is 1. The molecule has 0 atom stereocenters. The van der Waals surface area contributed by atoms with Gasteiger partial charge < -0.3 is 5.32 Å². The van der Waals surface area contributed by atoms with Crippen LogP contribution in [0.3, 0.4) is 0 Å². The molecule has 0 saturated carbocycles. The highest BCUT2D eigenvalue weighted by molar-refractivity contribution is 9.10.